The van der Waals surface area contributed by atoms with Gasteiger partial charge in [0.2, 0.25) is 0 Å². The number of aryl methyl sites for hydroxylation is 1. The molecule has 0 bridgehead atoms. The van der Waals surface area contributed by atoms with E-state index in [2.05, 4.69) is 32.2 Å². The molecule has 1 fully saturated rings. The molecule has 30 heavy (non-hydrogen) atoms. The van der Waals surface area contributed by atoms with E-state index in [4.69, 9.17) is 9.47 Å². The van der Waals surface area contributed by atoms with Crippen LogP contribution in [-0.2, 0) is 6.54 Å². The van der Waals surface area contributed by atoms with Crippen molar-refractivity contribution in [3.8, 4) is 11.6 Å². The molecular weight excluding hydrogens is 384 g/mol. The summed E-state index contributed by atoms with van der Waals surface area (Å²) in [4.78, 5) is 2.28. The third-order valence-electron chi connectivity index (χ3n) is 5.50. The second kappa shape index (κ2) is 11.9. The van der Waals surface area contributed by atoms with Crippen molar-refractivity contribution in [2.75, 3.05) is 33.4 Å². The van der Waals surface area contributed by atoms with E-state index in [1.54, 1.807) is 6.92 Å². The van der Waals surface area contributed by atoms with Crippen LogP contribution < -0.4 is 14.8 Å². The van der Waals surface area contributed by atoms with E-state index < -0.39 is 6.10 Å². The lowest BCUT2D eigenvalue weighted by atomic mass is 9.94. The van der Waals surface area contributed by atoms with Gasteiger partial charge in [0.05, 0.1) is 0 Å². The fourth-order valence-corrected chi connectivity index (χ4v) is 3.80. The third kappa shape index (κ3) is 7.27. The summed E-state index contributed by atoms with van der Waals surface area (Å²) >= 11 is 0. The van der Waals surface area contributed by atoms with Gasteiger partial charge in [-0.15, -0.1) is 0 Å². The molecule has 1 aliphatic rings. The highest BCUT2D eigenvalue weighted by molar-refractivity contribution is 5.28. The number of aromatic nitrogens is 2. The molecular formula is C22H34N4O4. The van der Waals surface area contributed by atoms with Crippen LogP contribution >= 0.6 is 0 Å². The third-order valence-corrected chi connectivity index (χ3v) is 5.50. The standard InChI is InChI=1S/C22H34N4O4/c1-17-22(25-30-24-17)28-12-11-23-14-18-7-6-10-21(13-18)29-16-20(27)15-26(2)19-8-4-3-5-9-19/h6-7,10,13,19-20,23,27H,3-5,8-9,11-12,14-16H2,1-2H3. The number of hydrogen-bond acceptors (Lipinski definition) is 8. The first kappa shape index (κ1) is 22.5. The summed E-state index contributed by atoms with van der Waals surface area (Å²) in [5.74, 6) is 1.20. The van der Waals surface area contributed by atoms with Gasteiger partial charge in [-0.25, -0.2) is 4.63 Å². The Labute approximate surface area is 178 Å². The largest absolute Gasteiger partial charge is 0.491 e. The minimum atomic E-state index is -0.495. The predicted molar refractivity (Wildman–Crippen MR) is 114 cm³/mol. The summed E-state index contributed by atoms with van der Waals surface area (Å²) in [6.45, 7) is 4.58. The highest BCUT2D eigenvalue weighted by atomic mass is 16.6. The van der Waals surface area contributed by atoms with E-state index in [0.717, 1.165) is 11.3 Å². The first-order chi connectivity index (χ1) is 14.6. The summed E-state index contributed by atoms with van der Waals surface area (Å²) in [6.07, 6.45) is 5.91. The number of ether oxygens (including phenoxy) is 2. The zero-order chi connectivity index (χ0) is 21.2. The quantitative estimate of drug-likeness (QED) is 0.508. The second-order valence-electron chi connectivity index (χ2n) is 8.02. The minimum Gasteiger partial charge on any atom is -0.491 e. The average molecular weight is 419 g/mol. The van der Waals surface area contributed by atoms with E-state index in [9.17, 15) is 5.11 Å². The molecule has 8 nitrogen and oxygen atoms in total. The van der Waals surface area contributed by atoms with Crippen molar-refractivity contribution in [1.29, 1.82) is 0 Å². The zero-order valence-corrected chi connectivity index (χ0v) is 18.0. The topological polar surface area (TPSA) is 92.9 Å². The highest BCUT2D eigenvalue weighted by Crippen LogP contribution is 2.22. The smallest absolute Gasteiger partial charge is 0.278 e. The Morgan fingerprint density at radius 3 is 2.83 bits per heavy atom. The molecule has 1 unspecified atom stereocenters. The van der Waals surface area contributed by atoms with Crippen molar-refractivity contribution in [1.82, 2.24) is 20.5 Å². The molecule has 2 aromatic rings. The molecule has 8 heteroatoms. The van der Waals surface area contributed by atoms with Crippen LogP contribution in [0.15, 0.2) is 28.9 Å². The van der Waals surface area contributed by atoms with E-state index >= 15 is 0 Å². The van der Waals surface area contributed by atoms with Crippen LogP contribution in [0, 0.1) is 6.92 Å². The van der Waals surface area contributed by atoms with Gasteiger partial charge in [0.15, 0.2) is 0 Å². The van der Waals surface area contributed by atoms with Gasteiger partial charge in [-0.05, 0) is 49.7 Å². The first-order valence-electron chi connectivity index (χ1n) is 10.8. The van der Waals surface area contributed by atoms with Gasteiger partial charge < -0.3 is 24.8 Å². The lowest BCUT2D eigenvalue weighted by molar-refractivity contribution is 0.0561. The monoisotopic (exact) mass is 418 g/mol. The first-order valence-corrected chi connectivity index (χ1v) is 10.8. The molecule has 0 amide bonds. The van der Waals surface area contributed by atoms with Crippen LogP contribution in [0.25, 0.3) is 0 Å². The maximum Gasteiger partial charge on any atom is 0.278 e. The van der Waals surface area contributed by atoms with E-state index in [-0.39, 0.29) is 0 Å². The Morgan fingerprint density at radius 2 is 2.07 bits per heavy atom. The maximum atomic E-state index is 10.4. The number of aliphatic hydroxyl groups is 1. The Balaban J connectivity index is 1.33. The van der Waals surface area contributed by atoms with Crippen LogP contribution in [0.2, 0.25) is 0 Å². The molecule has 1 aromatic carbocycles. The van der Waals surface area contributed by atoms with Gasteiger partial charge in [0, 0.05) is 25.7 Å². The van der Waals surface area contributed by atoms with Crippen LogP contribution in [0.1, 0.15) is 43.4 Å². The average Bonchev–Trinajstić information content (AvgIpc) is 3.17. The van der Waals surface area contributed by atoms with Crippen molar-refractivity contribution in [3.63, 3.8) is 0 Å². The van der Waals surface area contributed by atoms with E-state index in [1.807, 2.05) is 24.3 Å². The van der Waals surface area contributed by atoms with Gasteiger partial charge >= 0.3 is 0 Å². The number of benzene rings is 1. The SMILES string of the molecule is Cc1nonc1OCCNCc1cccc(OCC(O)CN(C)C2CCCCC2)c1. The Hall–Kier alpha value is -2.16. The Morgan fingerprint density at radius 1 is 1.23 bits per heavy atom. The normalized spacial score (nSPS) is 16.0. The molecule has 2 N–H and O–H groups in total. The van der Waals surface area contributed by atoms with Crippen molar-refractivity contribution < 1.29 is 19.2 Å². The molecule has 0 saturated heterocycles. The molecule has 3 rings (SSSR count). The minimum absolute atomic E-state index is 0.298. The summed E-state index contributed by atoms with van der Waals surface area (Å²) in [5.41, 5.74) is 1.76. The van der Waals surface area contributed by atoms with Gasteiger partial charge in [-0.3, -0.25) is 0 Å². The number of nitrogens with zero attached hydrogens (tertiary/aromatic N) is 3. The fraction of sp³-hybridized carbons (Fsp3) is 0.636. The van der Waals surface area contributed by atoms with Crippen molar-refractivity contribution in [2.45, 2.75) is 57.7 Å². The molecule has 1 saturated carbocycles. The summed E-state index contributed by atoms with van der Waals surface area (Å²) < 4.78 is 15.9. The van der Waals surface area contributed by atoms with Crippen molar-refractivity contribution in [3.05, 3.63) is 35.5 Å². The molecule has 0 spiro atoms. The molecule has 166 valence electrons. The fourth-order valence-electron chi connectivity index (χ4n) is 3.80. The van der Waals surface area contributed by atoms with Crippen LogP contribution in [0.3, 0.4) is 0 Å². The van der Waals surface area contributed by atoms with Crippen molar-refractivity contribution in [2.24, 2.45) is 0 Å². The zero-order valence-electron chi connectivity index (χ0n) is 18.0. The van der Waals surface area contributed by atoms with Gasteiger partial charge in [0.1, 0.15) is 30.8 Å². The maximum absolute atomic E-state index is 10.4. The van der Waals surface area contributed by atoms with Gasteiger partial charge in [0.25, 0.3) is 5.88 Å². The van der Waals surface area contributed by atoms with Crippen LogP contribution in [0.5, 0.6) is 11.6 Å². The molecule has 1 heterocycles. The summed E-state index contributed by atoms with van der Waals surface area (Å²) in [7, 11) is 2.11. The van der Waals surface area contributed by atoms with Crippen LogP contribution in [0.4, 0.5) is 0 Å². The molecule has 0 aliphatic heterocycles. The summed E-state index contributed by atoms with van der Waals surface area (Å²) in [6, 6.07) is 8.52. The Kier molecular flexibility index (Phi) is 8.92. The lowest BCUT2D eigenvalue weighted by Gasteiger charge is -2.32. The van der Waals surface area contributed by atoms with E-state index in [0.29, 0.717) is 50.5 Å². The molecule has 1 aromatic heterocycles. The number of aliphatic hydroxyl groups excluding tert-OH is 1. The molecule has 0 radical (unpaired) electrons. The number of rotatable bonds is 12. The van der Waals surface area contributed by atoms with Gasteiger partial charge in [-0.2, -0.15) is 0 Å². The number of nitrogens with one attached hydrogen (secondary N) is 1. The second-order valence-corrected chi connectivity index (χ2v) is 8.02. The predicted octanol–water partition coefficient (Wildman–Crippen LogP) is 2.55. The van der Waals surface area contributed by atoms with E-state index in [1.165, 1.54) is 32.1 Å². The number of likely N-dealkylation sites (N-methyl/N-ethyl adjacent to an activating group) is 1. The molecule has 1 atom stereocenters. The Bertz CT molecular complexity index is 748. The van der Waals surface area contributed by atoms with Crippen molar-refractivity contribution >= 4 is 0 Å². The van der Waals surface area contributed by atoms with Gasteiger partial charge in [-0.1, -0.05) is 36.6 Å². The highest BCUT2D eigenvalue weighted by Gasteiger charge is 2.20. The summed E-state index contributed by atoms with van der Waals surface area (Å²) in [5, 5.41) is 21.1. The molecule has 1 aliphatic carbocycles. The lowest BCUT2D eigenvalue weighted by Crippen LogP contribution is -2.40. The number of hydrogen-bond donors (Lipinski definition) is 2. The van der Waals surface area contributed by atoms with Crippen LogP contribution in [-0.4, -0.2) is 65.8 Å².